The molecule has 0 aliphatic rings. The molecule has 0 saturated carbocycles. The van der Waals surface area contributed by atoms with Crippen molar-refractivity contribution in [3.05, 3.63) is 53.2 Å². The maximum atomic E-state index is 4.67. The normalized spacial score (nSPS) is 11.0. The molecule has 0 radical (unpaired) electrons. The number of hydrogen-bond acceptors (Lipinski definition) is 6. The summed E-state index contributed by atoms with van der Waals surface area (Å²) in [5.74, 6) is 0.777. The summed E-state index contributed by atoms with van der Waals surface area (Å²) in [6.07, 6.45) is 3.32. The smallest absolute Gasteiger partial charge is 0.163 e. The van der Waals surface area contributed by atoms with Crippen molar-refractivity contribution in [2.75, 3.05) is 5.32 Å². The number of nitrogens with one attached hydrogen (secondary N) is 1. The Kier molecular flexibility index (Phi) is 3.47. The Morgan fingerprint density at radius 1 is 1.17 bits per heavy atom. The van der Waals surface area contributed by atoms with E-state index in [2.05, 4.69) is 42.9 Å². The second-order valence-corrected chi connectivity index (χ2v) is 6.02. The SMILES string of the molecule is Cn1ncc2c(NCc3nc(-c4ccccc4)cs3)ncnc21. The van der Waals surface area contributed by atoms with Crippen LogP contribution in [-0.2, 0) is 13.6 Å². The summed E-state index contributed by atoms with van der Waals surface area (Å²) in [7, 11) is 1.87. The van der Waals surface area contributed by atoms with Crippen LogP contribution in [0.4, 0.5) is 5.82 Å². The first-order chi connectivity index (χ1) is 11.3. The lowest BCUT2D eigenvalue weighted by atomic mass is 10.2. The summed E-state index contributed by atoms with van der Waals surface area (Å²) >= 11 is 1.64. The zero-order valence-electron chi connectivity index (χ0n) is 12.5. The number of thiazole rings is 1. The van der Waals surface area contributed by atoms with Crippen LogP contribution in [0.25, 0.3) is 22.3 Å². The number of benzene rings is 1. The Hall–Kier alpha value is -2.80. The molecule has 0 aliphatic heterocycles. The van der Waals surface area contributed by atoms with Gasteiger partial charge in [-0.15, -0.1) is 11.3 Å². The van der Waals surface area contributed by atoms with Crippen LogP contribution in [0.5, 0.6) is 0 Å². The highest BCUT2D eigenvalue weighted by Crippen LogP contribution is 2.23. The Morgan fingerprint density at radius 2 is 2.04 bits per heavy atom. The lowest BCUT2D eigenvalue weighted by Gasteiger charge is -2.04. The molecule has 4 rings (SSSR count). The molecular weight excluding hydrogens is 308 g/mol. The van der Waals surface area contributed by atoms with E-state index in [0.29, 0.717) is 6.54 Å². The summed E-state index contributed by atoms with van der Waals surface area (Å²) in [5, 5.41) is 11.5. The maximum absolute atomic E-state index is 4.67. The summed E-state index contributed by atoms with van der Waals surface area (Å²) in [5.41, 5.74) is 2.94. The van der Waals surface area contributed by atoms with Gasteiger partial charge in [-0.1, -0.05) is 30.3 Å². The van der Waals surface area contributed by atoms with Gasteiger partial charge in [-0.05, 0) is 0 Å². The number of fused-ring (bicyclic) bond motifs is 1. The Morgan fingerprint density at radius 3 is 2.91 bits per heavy atom. The lowest BCUT2D eigenvalue weighted by molar-refractivity contribution is 0.785. The lowest BCUT2D eigenvalue weighted by Crippen LogP contribution is -2.02. The number of rotatable bonds is 4. The minimum Gasteiger partial charge on any atom is -0.363 e. The van der Waals surface area contributed by atoms with Gasteiger partial charge in [0, 0.05) is 18.0 Å². The van der Waals surface area contributed by atoms with E-state index in [1.54, 1.807) is 28.5 Å². The standard InChI is InChI=1S/C16H14N6S/c1-22-16-12(7-20-22)15(18-10-19-16)17-8-14-21-13(9-23-14)11-5-3-2-4-6-11/h2-7,9-10H,8H2,1H3,(H,17,18,19). The highest BCUT2D eigenvalue weighted by molar-refractivity contribution is 7.09. The number of hydrogen-bond donors (Lipinski definition) is 1. The molecule has 0 atom stereocenters. The van der Waals surface area contributed by atoms with Gasteiger partial charge in [0.05, 0.1) is 23.8 Å². The van der Waals surface area contributed by atoms with Crippen molar-refractivity contribution in [2.24, 2.45) is 7.05 Å². The maximum Gasteiger partial charge on any atom is 0.163 e. The number of aryl methyl sites for hydroxylation is 1. The van der Waals surface area contributed by atoms with Gasteiger partial charge >= 0.3 is 0 Å². The molecule has 3 heterocycles. The number of anilines is 1. The van der Waals surface area contributed by atoms with Crippen molar-refractivity contribution in [3.63, 3.8) is 0 Å². The van der Waals surface area contributed by atoms with Crippen LogP contribution < -0.4 is 5.32 Å². The van der Waals surface area contributed by atoms with Gasteiger partial charge in [-0.3, -0.25) is 4.68 Å². The van der Waals surface area contributed by atoms with Crippen LogP contribution in [-0.4, -0.2) is 24.7 Å². The first-order valence-electron chi connectivity index (χ1n) is 7.17. The van der Waals surface area contributed by atoms with Gasteiger partial charge in [0.2, 0.25) is 0 Å². The molecule has 6 nitrogen and oxygen atoms in total. The molecule has 0 spiro atoms. The summed E-state index contributed by atoms with van der Waals surface area (Å²) in [6.45, 7) is 0.624. The highest BCUT2D eigenvalue weighted by atomic mass is 32.1. The van der Waals surface area contributed by atoms with E-state index in [0.717, 1.165) is 33.1 Å². The molecule has 0 bridgehead atoms. The third-order valence-corrected chi connectivity index (χ3v) is 4.41. The van der Waals surface area contributed by atoms with Crippen LogP contribution >= 0.6 is 11.3 Å². The first-order valence-corrected chi connectivity index (χ1v) is 8.05. The van der Waals surface area contributed by atoms with Crippen LogP contribution in [0.15, 0.2) is 48.2 Å². The molecule has 0 fully saturated rings. The second kappa shape index (κ2) is 5.77. The molecule has 0 saturated heterocycles. The summed E-state index contributed by atoms with van der Waals surface area (Å²) in [4.78, 5) is 13.2. The van der Waals surface area contributed by atoms with E-state index >= 15 is 0 Å². The Labute approximate surface area is 136 Å². The van der Waals surface area contributed by atoms with E-state index in [-0.39, 0.29) is 0 Å². The van der Waals surface area contributed by atoms with E-state index in [4.69, 9.17) is 0 Å². The Balaban J connectivity index is 1.54. The molecule has 4 aromatic rings. The third kappa shape index (κ3) is 2.66. The van der Waals surface area contributed by atoms with Crippen molar-refractivity contribution in [1.82, 2.24) is 24.7 Å². The first kappa shape index (κ1) is 13.8. The largest absolute Gasteiger partial charge is 0.363 e. The number of aromatic nitrogens is 5. The molecule has 0 aliphatic carbocycles. The van der Waals surface area contributed by atoms with E-state index < -0.39 is 0 Å². The van der Waals surface area contributed by atoms with Crippen molar-refractivity contribution < 1.29 is 0 Å². The predicted octanol–water partition coefficient (Wildman–Crippen LogP) is 3.10. The molecule has 23 heavy (non-hydrogen) atoms. The molecule has 0 unspecified atom stereocenters. The van der Waals surface area contributed by atoms with Gasteiger partial charge in [-0.2, -0.15) is 5.10 Å². The average molecular weight is 322 g/mol. The minimum atomic E-state index is 0.624. The molecular formula is C16H14N6S. The fraction of sp³-hybridized carbons (Fsp3) is 0.125. The fourth-order valence-corrected chi connectivity index (χ4v) is 3.14. The summed E-state index contributed by atoms with van der Waals surface area (Å²) < 4.78 is 1.74. The fourth-order valence-electron chi connectivity index (χ4n) is 2.40. The third-order valence-electron chi connectivity index (χ3n) is 3.56. The second-order valence-electron chi connectivity index (χ2n) is 5.07. The van der Waals surface area contributed by atoms with Gasteiger partial charge < -0.3 is 5.32 Å². The van der Waals surface area contributed by atoms with Crippen LogP contribution in [0.1, 0.15) is 5.01 Å². The monoisotopic (exact) mass is 322 g/mol. The molecule has 7 heteroatoms. The van der Waals surface area contributed by atoms with Gasteiger partial charge in [-0.25, -0.2) is 15.0 Å². The van der Waals surface area contributed by atoms with Crippen molar-refractivity contribution in [3.8, 4) is 11.3 Å². The van der Waals surface area contributed by atoms with Crippen LogP contribution in [0, 0.1) is 0 Å². The van der Waals surface area contributed by atoms with E-state index in [1.165, 1.54) is 0 Å². The zero-order valence-corrected chi connectivity index (χ0v) is 13.3. The van der Waals surface area contributed by atoms with Gasteiger partial charge in [0.1, 0.15) is 17.2 Å². The van der Waals surface area contributed by atoms with E-state index in [9.17, 15) is 0 Å². The van der Waals surface area contributed by atoms with Crippen LogP contribution in [0.3, 0.4) is 0 Å². The molecule has 1 aromatic carbocycles. The summed E-state index contributed by atoms with van der Waals surface area (Å²) in [6, 6.07) is 10.2. The van der Waals surface area contributed by atoms with Crippen molar-refractivity contribution >= 4 is 28.2 Å². The number of nitrogens with zero attached hydrogens (tertiary/aromatic N) is 5. The molecule has 0 amide bonds. The highest BCUT2D eigenvalue weighted by Gasteiger charge is 2.09. The topological polar surface area (TPSA) is 68.5 Å². The predicted molar refractivity (Wildman–Crippen MR) is 91.2 cm³/mol. The van der Waals surface area contributed by atoms with Gasteiger partial charge in [0.15, 0.2) is 5.65 Å². The molecule has 114 valence electrons. The van der Waals surface area contributed by atoms with Gasteiger partial charge in [0.25, 0.3) is 0 Å². The van der Waals surface area contributed by atoms with Crippen molar-refractivity contribution in [1.29, 1.82) is 0 Å². The Bertz CT molecular complexity index is 944. The van der Waals surface area contributed by atoms with Crippen molar-refractivity contribution in [2.45, 2.75) is 6.54 Å². The molecule has 3 aromatic heterocycles. The molecule has 1 N–H and O–H groups in total. The minimum absolute atomic E-state index is 0.624. The average Bonchev–Trinajstić information content (AvgIpc) is 3.22. The zero-order chi connectivity index (χ0) is 15.6. The van der Waals surface area contributed by atoms with E-state index in [1.807, 2.05) is 25.2 Å². The quantitative estimate of drug-likeness (QED) is 0.625. The van der Waals surface area contributed by atoms with Crippen LogP contribution in [0.2, 0.25) is 0 Å².